The van der Waals surface area contributed by atoms with Crippen LogP contribution in [0.25, 0.3) is 0 Å². The molecule has 1 aliphatic carbocycles. The smallest absolute Gasteiger partial charge is 0.412 e. The van der Waals surface area contributed by atoms with Gasteiger partial charge in [-0.05, 0) is 55.6 Å². The number of piperidine rings is 1. The lowest BCUT2D eigenvalue weighted by atomic mass is 9.85. The molecule has 9 nitrogen and oxygen atoms in total. The van der Waals surface area contributed by atoms with Crippen molar-refractivity contribution in [2.24, 2.45) is 5.92 Å². The van der Waals surface area contributed by atoms with Crippen molar-refractivity contribution in [3.05, 3.63) is 71.3 Å². The Kier molecular flexibility index (Phi) is 9.57. The van der Waals surface area contributed by atoms with Crippen molar-refractivity contribution in [2.75, 3.05) is 27.3 Å². The summed E-state index contributed by atoms with van der Waals surface area (Å²) in [5.74, 6) is 0.0833. The normalized spacial score (nSPS) is 19.6. The van der Waals surface area contributed by atoms with Gasteiger partial charge >= 0.3 is 18.1 Å². The van der Waals surface area contributed by atoms with E-state index in [9.17, 15) is 14.4 Å². The highest BCUT2D eigenvalue weighted by Crippen LogP contribution is 2.32. The summed E-state index contributed by atoms with van der Waals surface area (Å²) in [7, 11) is 2.70. The van der Waals surface area contributed by atoms with E-state index in [4.69, 9.17) is 10.1 Å². The second-order valence-corrected chi connectivity index (χ2v) is 10.3. The van der Waals surface area contributed by atoms with Crippen LogP contribution in [0.5, 0.6) is 0 Å². The second-order valence-electron chi connectivity index (χ2n) is 10.3. The molecule has 1 aliphatic heterocycles. The van der Waals surface area contributed by atoms with Gasteiger partial charge in [-0.3, -0.25) is 15.5 Å². The molecule has 2 N–H and O–H groups in total. The minimum atomic E-state index is -0.668. The number of methoxy groups -OCH3 is 2. The summed E-state index contributed by atoms with van der Waals surface area (Å²) in [4.78, 5) is 41.2. The topological polar surface area (TPSA) is 112 Å². The fourth-order valence-corrected chi connectivity index (χ4v) is 5.66. The Morgan fingerprint density at radius 3 is 2.13 bits per heavy atom. The maximum absolute atomic E-state index is 13.8. The molecule has 1 saturated heterocycles. The zero-order valence-corrected chi connectivity index (χ0v) is 22.7. The maximum Gasteiger partial charge on any atom is 0.412 e. The highest BCUT2D eigenvalue weighted by Gasteiger charge is 2.35. The van der Waals surface area contributed by atoms with Crippen LogP contribution in [-0.4, -0.2) is 67.1 Å². The van der Waals surface area contributed by atoms with E-state index in [0.29, 0.717) is 31.1 Å². The highest BCUT2D eigenvalue weighted by atomic mass is 16.5. The summed E-state index contributed by atoms with van der Waals surface area (Å²) < 4.78 is 9.50. The minimum Gasteiger partial charge on any atom is -0.469 e. The van der Waals surface area contributed by atoms with Gasteiger partial charge < -0.3 is 19.3 Å². The van der Waals surface area contributed by atoms with Gasteiger partial charge in [0.25, 0.3) is 0 Å². The van der Waals surface area contributed by atoms with Gasteiger partial charge in [-0.15, -0.1) is 0 Å². The molecule has 2 aliphatic rings. The Labute approximate surface area is 230 Å². The predicted molar refractivity (Wildman–Crippen MR) is 148 cm³/mol. The third kappa shape index (κ3) is 7.16. The number of rotatable bonds is 6. The molecule has 39 heavy (non-hydrogen) atoms. The molecule has 0 atom stereocenters. The van der Waals surface area contributed by atoms with Gasteiger partial charge in [0.2, 0.25) is 0 Å². The first kappa shape index (κ1) is 28.1. The number of nitrogens with one attached hydrogen (secondary N) is 2. The van der Waals surface area contributed by atoms with Gasteiger partial charge in [0.1, 0.15) is 5.84 Å². The summed E-state index contributed by atoms with van der Waals surface area (Å²) in [6.45, 7) is 1.90. The Hall–Kier alpha value is -3.88. The largest absolute Gasteiger partial charge is 0.469 e. The molecule has 2 aromatic rings. The summed E-state index contributed by atoms with van der Waals surface area (Å²) in [5, 5.41) is 10.4. The third-order valence-electron chi connectivity index (χ3n) is 7.96. The Morgan fingerprint density at radius 2 is 1.54 bits per heavy atom. The second kappa shape index (κ2) is 13.3. The van der Waals surface area contributed by atoms with E-state index in [1.807, 2.05) is 52.3 Å². The van der Waals surface area contributed by atoms with Crippen LogP contribution in [0.2, 0.25) is 0 Å². The van der Waals surface area contributed by atoms with Crippen molar-refractivity contribution in [3.63, 3.8) is 0 Å². The SMILES string of the molecule is COC(=O)NC(=N)c1ccc(C2CCN(C(=O)N(Cc3ccccc3)C3CCC(C(=O)OC)CC3)CC2)cc1. The molecule has 9 heteroatoms. The van der Waals surface area contributed by atoms with Crippen LogP contribution in [0.4, 0.5) is 9.59 Å². The van der Waals surface area contributed by atoms with Crippen LogP contribution in [0.15, 0.2) is 54.6 Å². The summed E-state index contributed by atoms with van der Waals surface area (Å²) in [5.41, 5.74) is 2.87. The number of hydrogen-bond donors (Lipinski definition) is 2. The number of urea groups is 1. The van der Waals surface area contributed by atoms with E-state index in [2.05, 4.69) is 22.2 Å². The van der Waals surface area contributed by atoms with Crippen LogP contribution in [0.3, 0.4) is 0 Å². The van der Waals surface area contributed by atoms with Gasteiger partial charge in [0, 0.05) is 31.2 Å². The standard InChI is InChI=1S/C30H38N4O5/c1-38-28(35)25-12-14-26(15-13-25)34(20-21-6-4-3-5-7-21)30(37)33-18-16-23(17-19-33)22-8-10-24(11-9-22)27(31)32-29(36)39-2/h3-11,23,25-26H,12-20H2,1-2H3,(H2,31,32,36). The number of alkyl carbamates (subject to hydrolysis) is 1. The zero-order chi connectivity index (χ0) is 27.8. The molecule has 0 spiro atoms. The molecule has 4 rings (SSSR count). The molecule has 0 unspecified atom stereocenters. The summed E-state index contributed by atoms with van der Waals surface area (Å²) in [6, 6.07) is 17.9. The Morgan fingerprint density at radius 1 is 0.897 bits per heavy atom. The van der Waals surface area contributed by atoms with Crippen molar-refractivity contribution in [1.29, 1.82) is 5.41 Å². The van der Waals surface area contributed by atoms with Crippen LogP contribution < -0.4 is 5.32 Å². The Bertz CT molecular complexity index is 1140. The quantitative estimate of drug-likeness (QED) is 0.311. The first-order chi connectivity index (χ1) is 18.9. The van der Waals surface area contributed by atoms with E-state index >= 15 is 0 Å². The van der Waals surface area contributed by atoms with Gasteiger partial charge in [-0.2, -0.15) is 0 Å². The molecule has 208 valence electrons. The number of carbonyl (C=O) groups is 3. The predicted octanol–water partition coefficient (Wildman–Crippen LogP) is 4.90. The molecule has 3 amide bonds. The van der Waals surface area contributed by atoms with Crippen LogP contribution in [0.1, 0.15) is 61.1 Å². The summed E-state index contributed by atoms with van der Waals surface area (Å²) >= 11 is 0. The maximum atomic E-state index is 13.8. The Balaban J connectivity index is 1.38. The van der Waals surface area contributed by atoms with Crippen LogP contribution >= 0.6 is 0 Å². The molecular weight excluding hydrogens is 496 g/mol. The number of amides is 3. The van der Waals surface area contributed by atoms with E-state index in [1.54, 1.807) is 0 Å². The lowest BCUT2D eigenvalue weighted by Gasteiger charge is -2.41. The van der Waals surface area contributed by atoms with Crippen molar-refractivity contribution in [3.8, 4) is 0 Å². The van der Waals surface area contributed by atoms with Crippen molar-refractivity contribution < 1.29 is 23.9 Å². The highest BCUT2D eigenvalue weighted by molar-refractivity contribution is 6.04. The average molecular weight is 535 g/mol. The van der Waals surface area contributed by atoms with Crippen molar-refractivity contribution in [2.45, 2.75) is 57.0 Å². The van der Waals surface area contributed by atoms with E-state index in [0.717, 1.165) is 44.1 Å². The van der Waals surface area contributed by atoms with Gasteiger partial charge in [0.15, 0.2) is 0 Å². The monoisotopic (exact) mass is 534 g/mol. The van der Waals surface area contributed by atoms with Crippen molar-refractivity contribution >= 4 is 23.9 Å². The fourth-order valence-electron chi connectivity index (χ4n) is 5.66. The number of nitrogens with zero attached hydrogens (tertiary/aromatic N) is 2. The van der Waals surface area contributed by atoms with Gasteiger partial charge in [-0.25, -0.2) is 9.59 Å². The molecule has 0 radical (unpaired) electrons. The number of likely N-dealkylation sites (tertiary alicyclic amines) is 1. The number of amidine groups is 1. The van der Waals surface area contributed by atoms with Crippen LogP contribution in [0, 0.1) is 11.3 Å². The fraction of sp³-hybridized carbons (Fsp3) is 0.467. The molecule has 0 aromatic heterocycles. The molecule has 2 fully saturated rings. The minimum absolute atomic E-state index is 0.00653. The lowest BCUT2D eigenvalue weighted by molar-refractivity contribution is -0.146. The number of benzene rings is 2. The van der Waals surface area contributed by atoms with Gasteiger partial charge in [-0.1, -0.05) is 54.6 Å². The lowest BCUT2D eigenvalue weighted by Crippen LogP contribution is -2.51. The van der Waals surface area contributed by atoms with Crippen LogP contribution in [-0.2, 0) is 20.8 Å². The molecule has 1 saturated carbocycles. The van der Waals surface area contributed by atoms with Crippen molar-refractivity contribution in [1.82, 2.24) is 15.1 Å². The number of ether oxygens (including phenoxy) is 2. The number of carbonyl (C=O) groups excluding carboxylic acids is 3. The zero-order valence-electron chi connectivity index (χ0n) is 22.7. The average Bonchev–Trinajstić information content (AvgIpc) is 2.99. The van der Waals surface area contributed by atoms with E-state index in [-0.39, 0.29) is 29.8 Å². The number of hydrogen-bond acceptors (Lipinski definition) is 6. The molecule has 0 bridgehead atoms. The summed E-state index contributed by atoms with van der Waals surface area (Å²) in [6.07, 6.45) is 4.11. The molecule has 2 aromatic carbocycles. The van der Waals surface area contributed by atoms with Gasteiger partial charge in [0.05, 0.1) is 20.1 Å². The molecule has 1 heterocycles. The molecular formula is C30H38N4O5. The van der Waals surface area contributed by atoms with E-state index < -0.39 is 6.09 Å². The van der Waals surface area contributed by atoms with E-state index in [1.165, 1.54) is 19.8 Å². The third-order valence-corrected chi connectivity index (χ3v) is 7.96. The first-order valence-electron chi connectivity index (χ1n) is 13.6. The first-order valence-corrected chi connectivity index (χ1v) is 13.6. The number of esters is 1.